The zero-order chi connectivity index (χ0) is 7.72. The van der Waals surface area contributed by atoms with Gasteiger partial charge in [0.15, 0.2) is 0 Å². The van der Waals surface area contributed by atoms with Gasteiger partial charge in [0, 0.05) is 12.5 Å². The fourth-order valence-corrected chi connectivity index (χ4v) is 1.05. The monoisotopic (exact) mass is 141 g/mol. The van der Waals surface area contributed by atoms with E-state index in [4.69, 9.17) is 5.73 Å². The average Bonchev–Trinajstić information content (AvgIpc) is 2.11. The van der Waals surface area contributed by atoms with Crippen LogP contribution >= 0.6 is 0 Å². The maximum Gasteiger partial charge on any atom is 0.321 e. The topological polar surface area (TPSA) is 63.4 Å². The van der Waals surface area contributed by atoms with Gasteiger partial charge in [0.1, 0.15) is 0 Å². The van der Waals surface area contributed by atoms with Crippen molar-refractivity contribution in [2.45, 2.75) is 18.9 Å². The fourth-order valence-electron chi connectivity index (χ4n) is 1.05. The maximum absolute atomic E-state index is 10.8. The summed E-state index contributed by atoms with van der Waals surface area (Å²) in [5.41, 5.74) is 4.90. The van der Waals surface area contributed by atoms with Gasteiger partial charge in [0.05, 0.1) is 0 Å². The molecule has 0 aromatic carbocycles. The van der Waals surface area contributed by atoms with Crippen LogP contribution in [0.1, 0.15) is 12.8 Å². The largest absolute Gasteiger partial charge is 0.351 e. The van der Waals surface area contributed by atoms with Gasteiger partial charge in [0.25, 0.3) is 0 Å². The highest BCUT2D eigenvalue weighted by Gasteiger charge is 2.30. The van der Waals surface area contributed by atoms with E-state index in [1.165, 1.54) is 0 Å². The number of rotatable bonds is 0. The van der Waals surface area contributed by atoms with Crippen molar-refractivity contribution in [3.8, 4) is 0 Å². The molecule has 4 heteroatoms. The first-order valence-electron chi connectivity index (χ1n) is 3.07. The number of likely N-dealkylation sites (tertiary alicyclic amines) is 1. The van der Waals surface area contributed by atoms with Gasteiger partial charge in [-0.25, -0.2) is 4.79 Å². The van der Waals surface area contributed by atoms with E-state index in [2.05, 4.69) is 6.92 Å². The first-order chi connectivity index (χ1) is 4.63. The van der Waals surface area contributed by atoms with Crippen molar-refractivity contribution in [2.24, 2.45) is 5.73 Å². The molecule has 3 amide bonds. The number of nitrogens with two attached hydrogens (primary N) is 1. The van der Waals surface area contributed by atoms with Crippen LogP contribution in [-0.4, -0.2) is 22.9 Å². The molecule has 0 aromatic rings. The molecular formula is C6H9N2O2. The lowest BCUT2D eigenvalue weighted by Crippen LogP contribution is -2.40. The number of urea groups is 1. The number of nitrogens with zero attached hydrogens (tertiary/aromatic N) is 1. The van der Waals surface area contributed by atoms with Crippen molar-refractivity contribution >= 4 is 11.9 Å². The van der Waals surface area contributed by atoms with E-state index in [0.717, 1.165) is 4.90 Å². The number of primary amides is 1. The lowest BCUT2D eigenvalue weighted by Gasteiger charge is -2.15. The van der Waals surface area contributed by atoms with Crippen molar-refractivity contribution in [3.05, 3.63) is 6.92 Å². The molecule has 1 saturated heterocycles. The van der Waals surface area contributed by atoms with E-state index in [1.54, 1.807) is 0 Å². The van der Waals surface area contributed by atoms with Crippen molar-refractivity contribution in [2.75, 3.05) is 0 Å². The van der Waals surface area contributed by atoms with Crippen LogP contribution in [0.3, 0.4) is 0 Å². The second kappa shape index (κ2) is 2.28. The van der Waals surface area contributed by atoms with Gasteiger partial charge in [-0.2, -0.15) is 0 Å². The van der Waals surface area contributed by atoms with Gasteiger partial charge in [0.2, 0.25) is 5.91 Å². The highest BCUT2D eigenvalue weighted by Crippen LogP contribution is 2.16. The van der Waals surface area contributed by atoms with Gasteiger partial charge in [-0.05, 0) is 13.3 Å². The van der Waals surface area contributed by atoms with Crippen molar-refractivity contribution in [1.82, 2.24) is 4.90 Å². The zero-order valence-electron chi connectivity index (χ0n) is 5.54. The number of amides is 3. The number of hydrogen-bond acceptors (Lipinski definition) is 2. The SMILES string of the molecule is [CH2]C1CCC(=O)N1C(N)=O. The Morgan fingerprint density at radius 3 is 2.60 bits per heavy atom. The zero-order valence-corrected chi connectivity index (χ0v) is 5.54. The van der Waals surface area contributed by atoms with Crippen LogP contribution in [0.4, 0.5) is 4.79 Å². The minimum absolute atomic E-state index is 0.215. The van der Waals surface area contributed by atoms with E-state index < -0.39 is 6.03 Å². The summed E-state index contributed by atoms with van der Waals surface area (Å²) < 4.78 is 0. The Morgan fingerprint density at radius 2 is 2.40 bits per heavy atom. The Kier molecular flexibility index (Phi) is 1.61. The first-order valence-corrected chi connectivity index (χ1v) is 3.07. The van der Waals surface area contributed by atoms with E-state index >= 15 is 0 Å². The molecule has 4 nitrogen and oxygen atoms in total. The Bertz CT molecular complexity index is 179. The highest BCUT2D eigenvalue weighted by molar-refractivity contribution is 5.95. The van der Waals surface area contributed by atoms with E-state index in [1.807, 2.05) is 0 Å². The van der Waals surface area contributed by atoms with Gasteiger partial charge < -0.3 is 5.73 Å². The highest BCUT2D eigenvalue weighted by atomic mass is 16.2. The second-order valence-electron chi connectivity index (χ2n) is 2.29. The number of hydrogen-bond donors (Lipinski definition) is 1. The fraction of sp³-hybridized carbons (Fsp3) is 0.500. The minimum atomic E-state index is -0.692. The average molecular weight is 141 g/mol. The lowest BCUT2D eigenvalue weighted by molar-refractivity contribution is -0.125. The first kappa shape index (κ1) is 7.05. The molecule has 1 rings (SSSR count). The molecule has 0 saturated carbocycles. The summed E-state index contributed by atoms with van der Waals surface area (Å²) in [5, 5.41) is 0. The maximum atomic E-state index is 10.8. The molecular weight excluding hydrogens is 132 g/mol. The van der Waals surface area contributed by atoms with Gasteiger partial charge in [-0.1, -0.05) is 0 Å². The van der Waals surface area contributed by atoms with Gasteiger partial charge in [-0.3, -0.25) is 9.69 Å². The molecule has 1 aliphatic heterocycles. The van der Waals surface area contributed by atoms with E-state index in [-0.39, 0.29) is 11.9 Å². The number of carbonyl (C=O) groups excluding carboxylic acids is 2. The molecule has 55 valence electrons. The molecule has 0 aliphatic carbocycles. The van der Waals surface area contributed by atoms with Crippen LogP contribution < -0.4 is 5.73 Å². The normalized spacial score (nSPS) is 25.5. The van der Waals surface area contributed by atoms with Gasteiger partial charge in [-0.15, -0.1) is 0 Å². The molecule has 10 heavy (non-hydrogen) atoms. The van der Waals surface area contributed by atoms with Crippen molar-refractivity contribution in [1.29, 1.82) is 0 Å². The van der Waals surface area contributed by atoms with Crippen LogP contribution in [-0.2, 0) is 4.79 Å². The predicted molar refractivity (Wildman–Crippen MR) is 34.8 cm³/mol. The van der Waals surface area contributed by atoms with Crippen LogP contribution in [0, 0.1) is 6.92 Å². The molecule has 1 radical (unpaired) electrons. The van der Waals surface area contributed by atoms with E-state index in [9.17, 15) is 9.59 Å². The van der Waals surface area contributed by atoms with Crippen LogP contribution in [0.25, 0.3) is 0 Å². The summed E-state index contributed by atoms with van der Waals surface area (Å²) in [7, 11) is 0. The molecule has 0 aromatic heterocycles. The molecule has 0 bridgehead atoms. The summed E-state index contributed by atoms with van der Waals surface area (Å²) in [4.78, 5) is 22.3. The number of imide groups is 1. The second-order valence-corrected chi connectivity index (χ2v) is 2.29. The summed E-state index contributed by atoms with van der Waals surface area (Å²) in [6.07, 6.45) is 1.01. The Labute approximate surface area is 59.0 Å². The summed E-state index contributed by atoms with van der Waals surface area (Å²) in [6, 6.07) is -0.951. The minimum Gasteiger partial charge on any atom is -0.351 e. The molecule has 1 aliphatic rings. The molecule has 2 N–H and O–H groups in total. The number of carbonyl (C=O) groups is 2. The molecule has 0 spiro atoms. The van der Waals surface area contributed by atoms with E-state index in [0.29, 0.717) is 12.8 Å². The van der Waals surface area contributed by atoms with Crippen LogP contribution in [0.5, 0.6) is 0 Å². The van der Waals surface area contributed by atoms with Crippen LogP contribution in [0.2, 0.25) is 0 Å². The summed E-state index contributed by atoms with van der Waals surface area (Å²) >= 11 is 0. The molecule has 1 atom stereocenters. The van der Waals surface area contributed by atoms with Crippen molar-refractivity contribution < 1.29 is 9.59 Å². The molecule has 1 heterocycles. The molecule has 1 fully saturated rings. The molecule has 1 unspecified atom stereocenters. The van der Waals surface area contributed by atoms with Crippen LogP contribution in [0.15, 0.2) is 0 Å². The third kappa shape index (κ3) is 0.964. The van der Waals surface area contributed by atoms with Crippen molar-refractivity contribution in [3.63, 3.8) is 0 Å². The third-order valence-electron chi connectivity index (χ3n) is 1.56. The standard InChI is InChI=1S/C6H9N2O2/c1-4-2-3-5(9)8(4)6(7)10/h4H,1-3H2,(H2,7,10). The third-order valence-corrected chi connectivity index (χ3v) is 1.56. The quantitative estimate of drug-likeness (QED) is 0.511. The Hall–Kier alpha value is -1.06. The summed E-state index contributed by atoms with van der Waals surface area (Å²) in [6.45, 7) is 3.59. The predicted octanol–water partition coefficient (Wildman–Crippen LogP) is -0.110. The Morgan fingerprint density at radius 1 is 1.80 bits per heavy atom. The Balaban J connectivity index is 2.72. The lowest BCUT2D eigenvalue weighted by atomic mass is 10.2. The summed E-state index contributed by atoms with van der Waals surface area (Å²) in [5.74, 6) is -0.215. The van der Waals surface area contributed by atoms with Gasteiger partial charge >= 0.3 is 6.03 Å². The smallest absolute Gasteiger partial charge is 0.321 e.